The van der Waals surface area contributed by atoms with Crippen LogP contribution in [0.5, 0.6) is 5.75 Å². The molecule has 1 saturated carbocycles. The molecule has 1 unspecified atom stereocenters. The molecule has 0 bridgehead atoms. The molecule has 1 fully saturated rings. The predicted molar refractivity (Wildman–Crippen MR) is 74.3 cm³/mol. The van der Waals surface area contributed by atoms with E-state index in [1.54, 1.807) is 0 Å². The highest BCUT2D eigenvalue weighted by Gasteiger charge is 2.20. The van der Waals surface area contributed by atoms with E-state index in [0.29, 0.717) is 0 Å². The summed E-state index contributed by atoms with van der Waals surface area (Å²) in [5.74, 6) is 1.89. The molecule has 1 aromatic carbocycles. The molecule has 2 rings (SSSR count). The van der Waals surface area contributed by atoms with Crippen molar-refractivity contribution in [3.8, 4) is 5.75 Å². The molecule has 1 aliphatic rings. The number of nitrogens with two attached hydrogens (primary N) is 1. The largest absolute Gasteiger partial charge is 0.494 e. The average Bonchev–Trinajstić information content (AvgIpc) is 3.06. The zero-order chi connectivity index (χ0) is 12.3. The summed E-state index contributed by atoms with van der Waals surface area (Å²) < 4.78 is 6.89. The summed E-state index contributed by atoms with van der Waals surface area (Å²) in [5, 5.41) is 0. The van der Waals surface area contributed by atoms with Crippen molar-refractivity contribution in [3.05, 3.63) is 28.2 Å². The molecule has 17 heavy (non-hydrogen) atoms. The van der Waals surface area contributed by atoms with Gasteiger partial charge < -0.3 is 10.5 Å². The van der Waals surface area contributed by atoms with Crippen LogP contribution in [0.2, 0.25) is 0 Å². The van der Waals surface area contributed by atoms with Crippen LogP contribution in [0.4, 0.5) is 0 Å². The van der Waals surface area contributed by atoms with Crippen molar-refractivity contribution >= 4 is 15.9 Å². The van der Waals surface area contributed by atoms with Crippen LogP contribution in [0.15, 0.2) is 22.7 Å². The summed E-state index contributed by atoms with van der Waals surface area (Å²) in [5.41, 5.74) is 7.06. The van der Waals surface area contributed by atoms with E-state index in [9.17, 15) is 0 Å². The zero-order valence-electron chi connectivity index (χ0n) is 10.3. The van der Waals surface area contributed by atoms with Crippen molar-refractivity contribution in [2.45, 2.75) is 38.6 Å². The number of hydrogen-bond donors (Lipinski definition) is 1. The first-order valence-electron chi connectivity index (χ1n) is 6.32. The molecular formula is C14H20BrNO. The second-order valence-corrected chi connectivity index (χ2v) is 5.87. The fraction of sp³-hybridized carbons (Fsp3) is 0.571. The molecule has 1 aliphatic carbocycles. The lowest BCUT2D eigenvalue weighted by molar-refractivity contribution is 0.302. The second-order valence-electron chi connectivity index (χ2n) is 5.02. The Morgan fingerprint density at radius 1 is 1.47 bits per heavy atom. The monoisotopic (exact) mass is 297 g/mol. The summed E-state index contributed by atoms with van der Waals surface area (Å²) in [6, 6.07) is 6.33. The number of ether oxygens (including phenoxy) is 1. The molecule has 94 valence electrons. The van der Waals surface area contributed by atoms with E-state index in [0.717, 1.165) is 29.2 Å². The van der Waals surface area contributed by atoms with E-state index < -0.39 is 0 Å². The van der Waals surface area contributed by atoms with E-state index in [-0.39, 0.29) is 6.04 Å². The van der Waals surface area contributed by atoms with Crippen molar-refractivity contribution in [2.24, 2.45) is 11.7 Å². The van der Waals surface area contributed by atoms with Gasteiger partial charge in [-0.15, -0.1) is 0 Å². The van der Waals surface area contributed by atoms with Crippen molar-refractivity contribution in [2.75, 3.05) is 6.61 Å². The summed E-state index contributed by atoms with van der Waals surface area (Å²) in [4.78, 5) is 0. The highest BCUT2D eigenvalue weighted by atomic mass is 79.9. The Morgan fingerprint density at radius 3 is 2.88 bits per heavy atom. The Hall–Kier alpha value is -0.540. The molecule has 0 saturated heterocycles. The quantitative estimate of drug-likeness (QED) is 0.872. The lowest BCUT2D eigenvalue weighted by Gasteiger charge is -2.11. The first-order valence-corrected chi connectivity index (χ1v) is 7.11. The van der Waals surface area contributed by atoms with E-state index in [1.165, 1.54) is 24.8 Å². The van der Waals surface area contributed by atoms with Gasteiger partial charge in [-0.3, -0.25) is 0 Å². The third kappa shape index (κ3) is 4.32. The van der Waals surface area contributed by atoms with E-state index >= 15 is 0 Å². The lowest BCUT2D eigenvalue weighted by Crippen LogP contribution is -2.18. The van der Waals surface area contributed by atoms with Crippen molar-refractivity contribution < 1.29 is 4.74 Å². The topological polar surface area (TPSA) is 35.2 Å². The molecule has 0 aromatic heterocycles. The minimum absolute atomic E-state index is 0.174. The predicted octanol–water partition coefficient (Wildman–Crippen LogP) is 3.52. The Balaban J connectivity index is 1.91. The van der Waals surface area contributed by atoms with Crippen LogP contribution in [0.3, 0.4) is 0 Å². The van der Waals surface area contributed by atoms with Gasteiger partial charge >= 0.3 is 0 Å². The average molecular weight is 298 g/mol. The van der Waals surface area contributed by atoms with Crippen LogP contribution in [-0.4, -0.2) is 12.6 Å². The molecule has 3 heteroatoms. The first-order chi connectivity index (χ1) is 8.15. The van der Waals surface area contributed by atoms with Gasteiger partial charge in [0.1, 0.15) is 5.75 Å². The molecule has 1 aromatic rings. The molecule has 0 heterocycles. The highest BCUT2D eigenvalue weighted by molar-refractivity contribution is 9.10. The smallest absolute Gasteiger partial charge is 0.119 e. The van der Waals surface area contributed by atoms with Crippen molar-refractivity contribution in [1.82, 2.24) is 0 Å². The minimum Gasteiger partial charge on any atom is -0.494 e. The first kappa shape index (κ1) is 12.9. The molecule has 0 aliphatic heterocycles. The third-order valence-corrected chi connectivity index (χ3v) is 3.82. The van der Waals surface area contributed by atoms with Gasteiger partial charge in [0.05, 0.1) is 6.61 Å². The van der Waals surface area contributed by atoms with Crippen LogP contribution in [0.25, 0.3) is 0 Å². The summed E-state index contributed by atoms with van der Waals surface area (Å²) >= 11 is 3.55. The molecule has 1 atom stereocenters. The lowest BCUT2D eigenvalue weighted by atomic mass is 10.1. The molecule has 2 N–H and O–H groups in total. The number of halogens is 1. The highest BCUT2D eigenvalue weighted by Crippen LogP contribution is 2.32. The van der Waals surface area contributed by atoms with Crippen molar-refractivity contribution in [1.29, 1.82) is 0 Å². The Bertz CT molecular complexity index is 374. The normalized spacial score (nSPS) is 16.9. The maximum Gasteiger partial charge on any atom is 0.119 e. The van der Waals surface area contributed by atoms with Gasteiger partial charge in [-0.25, -0.2) is 0 Å². The number of rotatable bonds is 6. The van der Waals surface area contributed by atoms with Crippen LogP contribution in [0.1, 0.15) is 31.7 Å². The van der Waals surface area contributed by atoms with E-state index in [4.69, 9.17) is 10.5 Å². The van der Waals surface area contributed by atoms with Crippen LogP contribution < -0.4 is 10.5 Å². The van der Waals surface area contributed by atoms with Gasteiger partial charge in [0, 0.05) is 10.5 Å². The fourth-order valence-electron chi connectivity index (χ4n) is 1.89. The number of hydrogen-bond acceptors (Lipinski definition) is 2. The van der Waals surface area contributed by atoms with Gasteiger partial charge in [-0.2, -0.15) is 0 Å². The minimum atomic E-state index is 0.174. The summed E-state index contributed by atoms with van der Waals surface area (Å²) in [7, 11) is 0. The van der Waals surface area contributed by atoms with Crippen molar-refractivity contribution in [3.63, 3.8) is 0 Å². The van der Waals surface area contributed by atoms with Crippen LogP contribution in [0, 0.1) is 5.92 Å². The molecule has 2 nitrogen and oxygen atoms in total. The Morgan fingerprint density at radius 2 is 2.24 bits per heavy atom. The summed E-state index contributed by atoms with van der Waals surface area (Å²) in [6.45, 7) is 2.86. The second kappa shape index (κ2) is 5.87. The molecule has 0 spiro atoms. The summed E-state index contributed by atoms with van der Waals surface area (Å²) in [6.07, 6.45) is 4.85. The fourth-order valence-corrected chi connectivity index (χ4v) is 2.30. The standard InChI is InChI=1S/C14H20BrNO/c1-10(16)8-12-9-13(4-5-14(12)15)17-7-6-11-2-3-11/h4-5,9-11H,2-3,6-8,16H2,1H3. The Kier molecular flexibility index (Phi) is 4.46. The maximum absolute atomic E-state index is 5.83. The van der Waals surface area contributed by atoms with Gasteiger partial charge in [0.25, 0.3) is 0 Å². The maximum atomic E-state index is 5.83. The molecule has 0 amide bonds. The van der Waals surface area contributed by atoms with E-state index in [1.807, 2.05) is 19.1 Å². The van der Waals surface area contributed by atoms with Crippen LogP contribution >= 0.6 is 15.9 Å². The zero-order valence-corrected chi connectivity index (χ0v) is 11.9. The third-order valence-electron chi connectivity index (χ3n) is 3.05. The molecular weight excluding hydrogens is 278 g/mol. The molecule has 0 radical (unpaired) electrons. The van der Waals surface area contributed by atoms with Crippen LogP contribution in [-0.2, 0) is 6.42 Å². The van der Waals surface area contributed by atoms with E-state index in [2.05, 4.69) is 22.0 Å². The van der Waals surface area contributed by atoms with Gasteiger partial charge in [-0.1, -0.05) is 28.8 Å². The SMILES string of the molecule is CC(N)Cc1cc(OCCC2CC2)ccc1Br. The van der Waals surface area contributed by atoms with Gasteiger partial charge in [-0.05, 0) is 49.4 Å². The van der Waals surface area contributed by atoms with Gasteiger partial charge in [0.2, 0.25) is 0 Å². The van der Waals surface area contributed by atoms with Gasteiger partial charge in [0.15, 0.2) is 0 Å². The Labute approximate surface area is 112 Å². The number of benzene rings is 1.